The van der Waals surface area contributed by atoms with Crippen molar-refractivity contribution in [2.24, 2.45) is 0 Å². The van der Waals surface area contributed by atoms with Gasteiger partial charge >= 0.3 is 5.97 Å². The number of carboxylic acids is 1. The van der Waals surface area contributed by atoms with E-state index in [4.69, 9.17) is 14.9 Å². The normalized spacial score (nSPS) is 9.89. The van der Waals surface area contributed by atoms with Crippen LogP contribution in [0.2, 0.25) is 0 Å². The summed E-state index contributed by atoms with van der Waals surface area (Å²) < 4.78 is 4.94. The number of benzene rings is 1. The van der Waals surface area contributed by atoms with Gasteiger partial charge in [-0.2, -0.15) is 5.26 Å². The smallest absolute Gasteiger partial charge is 0.358 e. The number of carbonyl (C=O) groups is 1. The Bertz CT molecular complexity index is 643. The molecule has 6 nitrogen and oxygen atoms in total. The van der Waals surface area contributed by atoms with Gasteiger partial charge in [-0.1, -0.05) is 17.3 Å². The maximum atomic E-state index is 10.7. The molecule has 2 aromatic rings. The molecule has 0 radical (unpaired) electrons. The van der Waals surface area contributed by atoms with Gasteiger partial charge in [0.2, 0.25) is 0 Å². The van der Waals surface area contributed by atoms with E-state index in [0.29, 0.717) is 17.9 Å². The second kappa shape index (κ2) is 5.23. The van der Waals surface area contributed by atoms with Crippen molar-refractivity contribution in [3.8, 4) is 6.07 Å². The predicted octanol–water partition coefficient (Wildman–Crippen LogP) is 1.88. The molecule has 19 heavy (non-hydrogen) atoms. The summed E-state index contributed by atoms with van der Waals surface area (Å²) in [6, 6.07) is 10.6. The Balaban J connectivity index is 2.18. The largest absolute Gasteiger partial charge is 0.476 e. The number of hydrogen-bond donors (Lipinski definition) is 1. The van der Waals surface area contributed by atoms with Crippen LogP contribution in [0.15, 0.2) is 34.9 Å². The van der Waals surface area contributed by atoms with Crippen LogP contribution in [0.4, 0.5) is 5.69 Å². The molecule has 0 fully saturated rings. The van der Waals surface area contributed by atoms with E-state index in [2.05, 4.69) is 11.2 Å². The third-order valence-corrected chi connectivity index (χ3v) is 2.61. The Morgan fingerprint density at radius 1 is 1.53 bits per heavy atom. The van der Waals surface area contributed by atoms with Crippen molar-refractivity contribution < 1.29 is 14.4 Å². The van der Waals surface area contributed by atoms with Crippen LogP contribution in [0.5, 0.6) is 0 Å². The lowest BCUT2D eigenvalue weighted by Crippen LogP contribution is -2.17. The molecule has 1 heterocycles. The molecule has 6 heteroatoms. The maximum Gasteiger partial charge on any atom is 0.358 e. The molecule has 2 rings (SSSR count). The number of para-hydroxylation sites is 1. The van der Waals surface area contributed by atoms with E-state index in [-0.39, 0.29) is 5.69 Å². The lowest BCUT2D eigenvalue weighted by molar-refractivity contribution is 0.0685. The summed E-state index contributed by atoms with van der Waals surface area (Å²) in [6.45, 7) is 0.332. The zero-order chi connectivity index (χ0) is 13.8. The van der Waals surface area contributed by atoms with E-state index < -0.39 is 5.97 Å². The summed E-state index contributed by atoms with van der Waals surface area (Å²) in [6.07, 6.45) is 0. The van der Waals surface area contributed by atoms with Crippen molar-refractivity contribution in [2.45, 2.75) is 6.54 Å². The highest BCUT2D eigenvalue weighted by molar-refractivity contribution is 5.85. The van der Waals surface area contributed by atoms with Gasteiger partial charge in [0.05, 0.1) is 17.8 Å². The zero-order valence-electron chi connectivity index (χ0n) is 10.2. The SMILES string of the molecule is CN(Cc1cc(C(=O)O)no1)c1ccccc1C#N. The number of aromatic nitrogens is 1. The van der Waals surface area contributed by atoms with Crippen molar-refractivity contribution in [3.63, 3.8) is 0 Å². The first-order chi connectivity index (χ1) is 9.11. The van der Waals surface area contributed by atoms with Gasteiger partial charge in [0.25, 0.3) is 0 Å². The van der Waals surface area contributed by atoms with Crippen LogP contribution in [0.3, 0.4) is 0 Å². The van der Waals surface area contributed by atoms with E-state index in [1.807, 2.05) is 12.1 Å². The fourth-order valence-electron chi connectivity index (χ4n) is 1.71. The van der Waals surface area contributed by atoms with Crippen LogP contribution in [-0.4, -0.2) is 23.3 Å². The van der Waals surface area contributed by atoms with Crippen molar-refractivity contribution in [1.29, 1.82) is 5.26 Å². The van der Waals surface area contributed by atoms with E-state index in [9.17, 15) is 4.79 Å². The molecule has 0 amide bonds. The summed E-state index contributed by atoms with van der Waals surface area (Å²) in [4.78, 5) is 12.5. The van der Waals surface area contributed by atoms with E-state index in [1.54, 1.807) is 24.1 Å². The van der Waals surface area contributed by atoms with E-state index in [0.717, 1.165) is 5.69 Å². The molecule has 0 unspecified atom stereocenters. The Morgan fingerprint density at radius 2 is 2.26 bits per heavy atom. The van der Waals surface area contributed by atoms with Crippen LogP contribution >= 0.6 is 0 Å². The first-order valence-electron chi connectivity index (χ1n) is 5.51. The second-order valence-corrected chi connectivity index (χ2v) is 3.97. The van der Waals surface area contributed by atoms with Crippen molar-refractivity contribution in [1.82, 2.24) is 5.16 Å². The molecule has 0 aliphatic rings. The van der Waals surface area contributed by atoms with Gasteiger partial charge in [-0.15, -0.1) is 0 Å². The van der Waals surface area contributed by atoms with E-state index >= 15 is 0 Å². The summed E-state index contributed by atoms with van der Waals surface area (Å²) in [5.41, 5.74) is 1.17. The molecule has 1 N–H and O–H groups in total. The lowest BCUT2D eigenvalue weighted by Gasteiger charge is -2.18. The predicted molar refractivity (Wildman–Crippen MR) is 66.7 cm³/mol. The Morgan fingerprint density at radius 3 is 2.89 bits per heavy atom. The van der Waals surface area contributed by atoms with Crippen molar-refractivity contribution in [2.75, 3.05) is 11.9 Å². The number of aromatic carboxylic acids is 1. The fourth-order valence-corrected chi connectivity index (χ4v) is 1.71. The topological polar surface area (TPSA) is 90.4 Å². The van der Waals surface area contributed by atoms with Crippen LogP contribution in [0.1, 0.15) is 21.8 Å². The minimum absolute atomic E-state index is 0.128. The first kappa shape index (κ1) is 12.6. The second-order valence-electron chi connectivity index (χ2n) is 3.97. The van der Waals surface area contributed by atoms with E-state index in [1.165, 1.54) is 6.07 Å². The monoisotopic (exact) mass is 257 g/mol. The summed E-state index contributed by atoms with van der Waals surface area (Å²) >= 11 is 0. The molecule has 0 saturated heterocycles. The van der Waals surface area contributed by atoms with Crippen LogP contribution < -0.4 is 4.90 Å². The molecular formula is C13H11N3O3. The number of rotatable bonds is 4. The van der Waals surface area contributed by atoms with Crippen molar-refractivity contribution >= 4 is 11.7 Å². The number of carboxylic acid groups (broad SMARTS) is 1. The molecule has 96 valence electrons. The molecular weight excluding hydrogens is 246 g/mol. The van der Waals surface area contributed by atoms with Gasteiger partial charge in [-0.05, 0) is 12.1 Å². The van der Waals surface area contributed by atoms with Crippen LogP contribution in [0, 0.1) is 11.3 Å². The van der Waals surface area contributed by atoms with Gasteiger partial charge in [0.1, 0.15) is 6.07 Å². The van der Waals surface area contributed by atoms with Crippen LogP contribution in [-0.2, 0) is 6.54 Å². The molecule has 1 aromatic heterocycles. The Hall–Kier alpha value is -2.81. The first-order valence-corrected chi connectivity index (χ1v) is 5.51. The van der Waals surface area contributed by atoms with Gasteiger partial charge in [0, 0.05) is 13.1 Å². The third-order valence-electron chi connectivity index (χ3n) is 2.61. The summed E-state index contributed by atoms with van der Waals surface area (Å²) in [7, 11) is 1.79. The minimum Gasteiger partial charge on any atom is -0.476 e. The summed E-state index contributed by atoms with van der Waals surface area (Å²) in [5.74, 6) is -0.706. The number of nitrogens with zero attached hydrogens (tertiary/aromatic N) is 3. The molecule has 0 bridgehead atoms. The molecule has 1 aromatic carbocycles. The van der Waals surface area contributed by atoms with Gasteiger partial charge in [0.15, 0.2) is 11.5 Å². The zero-order valence-corrected chi connectivity index (χ0v) is 10.2. The molecule has 0 aliphatic heterocycles. The molecule has 0 saturated carbocycles. The highest BCUT2D eigenvalue weighted by atomic mass is 16.5. The average molecular weight is 257 g/mol. The number of hydrogen-bond acceptors (Lipinski definition) is 5. The highest BCUT2D eigenvalue weighted by Crippen LogP contribution is 2.20. The number of nitriles is 1. The maximum absolute atomic E-state index is 10.7. The quantitative estimate of drug-likeness (QED) is 0.899. The minimum atomic E-state index is -1.13. The fraction of sp³-hybridized carbons (Fsp3) is 0.154. The standard InChI is InChI=1S/C13H11N3O3/c1-16(12-5-3-2-4-9(12)7-14)8-10-6-11(13(17)18)15-19-10/h2-6H,8H2,1H3,(H,17,18). The Labute approximate surface area is 109 Å². The Kier molecular flexibility index (Phi) is 3.48. The third kappa shape index (κ3) is 2.72. The van der Waals surface area contributed by atoms with Gasteiger partial charge < -0.3 is 14.5 Å². The van der Waals surface area contributed by atoms with Crippen LogP contribution in [0.25, 0.3) is 0 Å². The van der Waals surface area contributed by atoms with Gasteiger partial charge in [-0.3, -0.25) is 0 Å². The number of anilines is 1. The molecule has 0 aliphatic carbocycles. The van der Waals surface area contributed by atoms with Gasteiger partial charge in [-0.25, -0.2) is 4.79 Å². The molecule has 0 atom stereocenters. The molecule has 0 spiro atoms. The lowest BCUT2D eigenvalue weighted by atomic mass is 10.2. The van der Waals surface area contributed by atoms with Crippen molar-refractivity contribution in [3.05, 3.63) is 47.3 Å². The summed E-state index contributed by atoms with van der Waals surface area (Å²) in [5, 5.41) is 21.2. The average Bonchev–Trinajstić information content (AvgIpc) is 2.87. The highest BCUT2D eigenvalue weighted by Gasteiger charge is 2.13.